The molecule has 0 amide bonds. The number of nitrogens with zero attached hydrogens (tertiary/aromatic N) is 3. The Morgan fingerprint density at radius 3 is 2.58 bits per heavy atom. The molecule has 2 heterocycles. The molecule has 0 saturated carbocycles. The second kappa shape index (κ2) is 5.95. The summed E-state index contributed by atoms with van der Waals surface area (Å²) in [5.41, 5.74) is -0.508. The summed E-state index contributed by atoms with van der Waals surface area (Å²) in [6.07, 6.45) is -3.64. The third kappa shape index (κ3) is 3.22. The minimum absolute atomic E-state index is 0.207. The molecule has 5 nitrogen and oxygen atoms in total. The molecule has 3 rings (SSSR count). The Morgan fingerprint density at radius 2 is 1.92 bits per heavy atom. The third-order valence-electron chi connectivity index (χ3n) is 3.52. The van der Waals surface area contributed by atoms with Gasteiger partial charge in [-0.25, -0.2) is 9.97 Å². The average Bonchev–Trinajstić information content (AvgIpc) is 2.54. The van der Waals surface area contributed by atoms with E-state index in [2.05, 4.69) is 15.0 Å². The van der Waals surface area contributed by atoms with Gasteiger partial charge in [0.2, 0.25) is 0 Å². The standard InChI is InChI=1S/C16H13F3N4O/c1-23(14-7-6-10(8-20-14)16(17,18)19)9-13-21-12-5-3-2-4-11(12)15(24)22-13/h2-8H,9H2,1H3,(H,21,22,24). The van der Waals surface area contributed by atoms with Crippen LogP contribution in [-0.2, 0) is 12.7 Å². The zero-order valence-corrected chi connectivity index (χ0v) is 12.6. The fourth-order valence-corrected chi connectivity index (χ4v) is 2.29. The highest BCUT2D eigenvalue weighted by Gasteiger charge is 2.30. The van der Waals surface area contributed by atoms with E-state index >= 15 is 0 Å². The summed E-state index contributed by atoms with van der Waals surface area (Å²) in [4.78, 5) is 24.5. The first-order valence-electron chi connectivity index (χ1n) is 7.07. The highest BCUT2D eigenvalue weighted by Crippen LogP contribution is 2.29. The predicted octanol–water partition coefficient (Wildman–Crippen LogP) is 2.97. The molecule has 24 heavy (non-hydrogen) atoms. The highest BCUT2D eigenvalue weighted by molar-refractivity contribution is 5.77. The third-order valence-corrected chi connectivity index (χ3v) is 3.52. The lowest BCUT2D eigenvalue weighted by atomic mass is 10.2. The quantitative estimate of drug-likeness (QED) is 0.800. The molecule has 3 aromatic rings. The van der Waals surface area contributed by atoms with Crippen molar-refractivity contribution >= 4 is 16.7 Å². The smallest absolute Gasteiger partial charge is 0.352 e. The Morgan fingerprint density at radius 1 is 1.17 bits per heavy atom. The van der Waals surface area contributed by atoms with Gasteiger partial charge in [-0.3, -0.25) is 4.79 Å². The van der Waals surface area contributed by atoms with E-state index in [1.165, 1.54) is 6.07 Å². The fraction of sp³-hybridized carbons (Fsp3) is 0.188. The molecule has 2 aromatic heterocycles. The Bertz CT molecular complexity index is 919. The topological polar surface area (TPSA) is 61.9 Å². The van der Waals surface area contributed by atoms with Gasteiger partial charge < -0.3 is 9.88 Å². The summed E-state index contributed by atoms with van der Waals surface area (Å²) < 4.78 is 37.7. The number of aromatic nitrogens is 3. The van der Waals surface area contributed by atoms with Gasteiger partial charge in [0.1, 0.15) is 11.6 Å². The van der Waals surface area contributed by atoms with Crippen molar-refractivity contribution < 1.29 is 13.2 Å². The Labute approximate surface area is 134 Å². The normalized spacial score (nSPS) is 11.7. The van der Waals surface area contributed by atoms with Gasteiger partial charge >= 0.3 is 6.18 Å². The molecular formula is C16H13F3N4O. The van der Waals surface area contributed by atoms with Gasteiger partial charge in [-0.2, -0.15) is 13.2 Å². The molecule has 0 aliphatic heterocycles. The number of fused-ring (bicyclic) bond motifs is 1. The molecule has 0 aliphatic carbocycles. The van der Waals surface area contributed by atoms with Crippen molar-refractivity contribution in [3.05, 3.63) is 64.3 Å². The molecule has 0 bridgehead atoms. The van der Waals surface area contributed by atoms with Gasteiger partial charge in [0.25, 0.3) is 5.56 Å². The molecular weight excluding hydrogens is 321 g/mol. The maximum absolute atomic E-state index is 12.6. The number of halogens is 3. The van der Waals surface area contributed by atoms with E-state index in [1.807, 2.05) is 0 Å². The zero-order valence-electron chi connectivity index (χ0n) is 12.6. The number of nitrogens with one attached hydrogen (secondary N) is 1. The molecule has 0 atom stereocenters. The maximum Gasteiger partial charge on any atom is 0.417 e. The zero-order chi connectivity index (χ0) is 17.3. The van der Waals surface area contributed by atoms with Crippen molar-refractivity contribution in [1.82, 2.24) is 15.0 Å². The summed E-state index contributed by atoms with van der Waals surface area (Å²) in [6, 6.07) is 9.17. The lowest BCUT2D eigenvalue weighted by Gasteiger charge is -2.18. The Balaban J connectivity index is 1.84. The van der Waals surface area contributed by atoms with E-state index in [0.29, 0.717) is 22.5 Å². The van der Waals surface area contributed by atoms with E-state index < -0.39 is 11.7 Å². The summed E-state index contributed by atoms with van der Waals surface area (Å²) >= 11 is 0. The molecule has 124 valence electrons. The molecule has 1 N–H and O–H groups in total. The van der Waals surface area contributed by atoms with Crippen molar-refractivity contribution in [2.24, 2.45) is 0 Å². The number of aromatic amines is 1. The minimum atomic E-state index is -4.42. The second-order valence-electron chi connectivity index (χ2n) is 5.29. The van der Waals surface area contributed by atoms with Gasteiger partial charge in [0.05, 0.1) is 23.0 Å². The van der Waals surface area contributed by atoms with E-state index in [0.717, 1.165) is 12.3 Å². The van der Waals surface area contributed by atoms with Gasteiger partial charge in [0.15, 0.2) is 0 Å². The van der Waals surface area contributed by atoms with Crippen LogP contribution in [0.15, 0.2) is 47.4 Å². The molecule has 0 fully saturated rings. The first kappa shape index (κ1) is 16.0. The summed E-state index contributed by atoms with van der Waals surface area (Å²) in [6.45, 7) is 0.207. The van der Waals surface area contributed by atoms with Crippen molar-refractivity contribution in [3.63, 3.8) is 0 Å². The van der Waals surface area contributed by atoms with Crippen LogP contribution < -0.4 is 10.5 Å². The number of hydrogen-bond acceptors (Lipinski definition) is 4. The van der Waals surface area contributed by atoms with Crippen molar-refractivity contribution in [1.29, 1.82) is 0 Å². The van der Waals surface area contributed by atoms with Crippen LogP contribution in [0.3, 0.4) is 0 Å². The largest absolute Gasteiger partial charge is 0.417 e. The van der Waals surface area contributed by atoms with Crippen LogP contribution in [0.5, 0.6) is 0 Å². The lowest BCUT2D eigenvalue weighted by molar-refractivity contribution is -0.137. The van der Waals surface area contributed by atoms with Crippen LogP contribution in [0.25, 0.3) is 10.9 Å². The molecule has 0 unspecified atom stereocenters. The number of para-hydroxylation sites is 1. The number of hydrogen-bond donors (Lipinski definition) is 1. The van der Waals surface area contributed by atoms with Crippen molar-refractivity contribution in [2.45, 2.75) is 12.7 Å². The van der Waals surface area contributed by atoms with E-state index in [1.54, 1.807) is 36.2 Å². The molecule has 0 spiro atoms. The van der Waals surface area contributed by atoms with E-state index in [4.69, 9.17) is 0 Å². The van der Waals surface area contributed by atoms with Crippen LogP contribution in [0.2, 0.25) is 0 Å². The first-order chi connectivity index (χ1) is 11.3. The highest BCUT2D eigenvalue weighted by atomic mass is 19.4. The van der Waals surface area contributed by atoms with Gasteiger partial charge in [-0.1, -0.05) is 12.1 Å². The molecule has 0 saturated heterocycles. The number of H-pyrrole nitrogens is 1. The number of pyridine rings is 1. The van der Waals surface area contributed by atoms with Crippen molar-refractivity contribution in [2.75, 3.05) is 11.9 Å². The first-order valence-corrected chi connectivity index (χ1v) is 7.07. The maximum atomic E-state index is 12.6. The van der Waals surface area contributed by atoms with Crippen LogP contribution in [0, 0.1) is 0 Å². The van der Waals surface area contributed by atoms with Gasteiger partial charge in [-0.05, 0) is 24.3 Å². The summed E-state index contributed by atoms with van der Waals surface area (Å²) in [5.74, 6) is 0.752. The number of alkyl halides is 3. The summed E-state index contributed by atoms with van der Waals surface area (Å²) in [5, 5.41) is 0.483. The summed E-state index contributed by atoms with van der Waals surface area (Å²) in [7, 11) is 1.66. The number of rotatable bonds is 3. The second-order valence-corrected chi connectivity index (χ2v) is 5.29. The lowest BCUT2D eigenvalue weighted by Crippen LogP contribution is -2.22. The molecule has 1 aromatic carbocycles. The minimum Gasteiger partial charge on any atom is -0.352 e. The van der Waals surface area contributed by atoms with Crippen molar-refractivity contribution in [3.8, 4) is 0 Å². The van der Waals surface area contributed by atoms with Crippen LogP contribution >= 0.6 is 0 Å². The molecule has 0 aliphatic rings. The number of anilines is 1. The molecule has 8 heteroatoms. The van der Waals surface area contributed by atoms with Crippen LogP contribution in [0.4, 0.5) is 19.0 Å². The van der Waals surface area contributed by atoms with Gasteiger partial charge in [-0.15, -0.1) is 0 Å². The molecule has 0 radical (unpaired) electrons. The van der Waals surface area contributed by atoms with E-state index in [-0.39, 0.29) is 12.1 Å². The monoisotopic (exact) mass is 334 g/mol. The average molecular weight is 334 g/mol. The predicted molar refractivity (Wildman–Crippen MR) is 83.7 cm³/mol. The Kier molecular flexibility index (Phi) is 3.96. The number of benzene rings is 1. The van der Waals surface area contributed by atoms with Crippen LogP contribution in [-0.4, -0.2) is 22.0 Å². The van der Waals surface area contributed by atoms with Crippen LogP contribution in [0.1, 0.15) is 11.4 Å². The van der Waals surface area contributed by atoms with Gasteiger partial charge in [0, 0.05) is 13.2 Å². The fourth-order valence-electron chi connectivity index (χ4n) is 2.29. The van der Waals surface area contributed by atoms with E-state index in [9.17, 15) is 18.0 Å². The SMILES string of the molecule is CN(Cc1nc2ccccc2c(=O)[nH]1)c1ccc(C(F)(F)F)cn1. The Hall–Kier alpha value is -2.90.